The summed E-state index contributed by atoms with van der Waals surface area (Å²) in [6, 6.07) is 5.43. The minimum atomic E-state index is -2.49. The van der Waals surface area contributed by atoms with Crippen molar-refractivity contribution in [2.24, 2.45) is 0 Å². The fourth-order valence-electron chi connectivity index (χ4n) is 1.02. The third kappa shape index (κ3) is 3.83. The molecule has 0 fully saturated rings. The number of carbonyl (C=O) groups excluding carboxylic acids is 1. The quantitative estimate of drug-likeness (QED) is 0.795. The van der Waals surface area contributed by atoms with Crippen molar-refractivity contribution in [3.8, 4) is 0 Å². The van der Waals surface area contributed by atoms with Crippen molar-refractivity contribution in [2.45, 2.75) is 12.8 Å². The van der Waals surface area contributed by atoms with Crippen molar-refractivity contribution >= 4 is 23.2 Å². The summed E-state index contributed by atoms with van der Waals surface area (Å²) in [5.74, 6) is 0.0100. The first kappa shape index (κ1) is 11.9. The summed E-state index contributed by atoms with van der Waals surface area (Å²) in [6.07, 6.45) is -2.28. The molecule has 0 radical (unpaired) electrons. The fourth-order valence-corrected chi connectivity index (χ4v) is 1.19. The lowest BCUT2D eigenvalue weighted by molar-refractivity contribution is -0.115. The summed E-state index contributed by atoms with van der Waals surface area (Å²) in [5.41, 5.74) is 0.430. The van der Waals surface area contributed by atoms with E-state index in [9.17, 15) is 13.6 Å². The summed E-state index contributed by atoms with van der Waals surface area (Å²) in [7, 11) is 0. The smallest absolute Gasteiger partial charge is 0.263 e. The van der Waals surface area contributed by atoms with Crippen LogP contribution >= 0.6 is 11.6 Å². The van der Waals surface area contributed by atoms with Crippen LogP contribution in [0.1, 0.15) is 18.4 Å². The summed E-state index contributed by atoms with van der Waals surface area (Å²) >= 11 is 5.37. The van der Waals surface area contributed by atoms with E-state index in [-0.39, 0.29) is 23.8 Å². The van der Waals surface area contributed by atoms with Gasteiger partial charge < -0.3 is 5.32 Å². The number of alkyl halides is 3. The maximum Gasteiger partial charge on any atom is 0.263 e. The van der Waals surface area contributed by atoms with Gasteiger partial charge in [0.2, 0.25) is 5.91 Å². The molecular formula is C10H10ClF2NO. The second-order valence-electron chi connectivity index (χ2n) is 2.91. The number of nitrogens with one attached hydrogen (secondary N) is 1. The molecule has 0 aromatic heterocycles. The van der Waals surface area contributed by atoms with Gasteiger partial charge >= 0.3 is 0 Å². The molecule has 0 bridgehead atoms. The number of anilines is 1. The van der Waals surface area contributed by atoms with Crippen molar-refractivity contribution in [1.29, 1.82) is 0 Å². The zero-order valence-electron chi connectivity index (χ0n) is 7.84. The number of rotatable bonds is 4. The van der Waals surface area contributed by atoms with Crippen LogP contribution in [0, 0.1) is 0 Å². The highest BCUT2D eigenvalue weighted by molar-refractivity contribution is 6.19. The predicted molar refractivity (Wildman–Crippen MR) is 55.4 cm³/mol. The second-order valence-corrected chi connectivity index (χ2v) is 3.29. The molecule has 0 unspecified atom stereocenters. The molecule has 0 aliphatic rings. The number of hydrogen-bond donors (Lipinski definition) is 1. The molecule has 1 aromatic carbocycles. The van der Waals surface area contributed by atoms with E-state index in [0.717, 1.165) is 0 Å². The van der Waals surface area contributed by atoms with Crippen LogP contribution in [-0.2, 0) is 4.79 Å². The van der Waals surface area contributed by atoms with Gasteiger partial charge in [-0.25, -0.2) is 8.78 Å². The Balaban J connectivity index is 2.60. The van der Waals surface area contributed by atoms with Gasteiger partial charge in [-0.2, -0.15) is 0 Å². The molecule has 0 saturated carbocycles. The Labute approximate surface area is 91.2 Å². The average Bonchev–Trinajstić information content (AvgIpc) is 2.18. The van der Waals surface area contributed by atoms with Crippen LogP contribution in [0.3, 0.4) is 0 Å². The molecule has 0 atom stereocenters. The second kappa shape index (κ2) is 5.66. The van der Waals surface area contributed by atoms with Crippen molar-refractivity contribution in [3.63, 3.8) is 0 Å². The van der Waals surface area contributed by atoms with Gasteiger partial charge in [0.25, 0.3) is 6.43 Å². The van der Waals surface area contributed by atoms with Crippen LogP contribution in [0.2, 0.25) is 0 Å². The van der Waals surface area contributed by atoms with E-state index in [1.165, 1.54) is 24.3 Å². The van der Waals surface area contributed by atoms with E-state index in [1.54, 1.807) is 0 Å². The van der Waals surface area contributed by atoms with Crippen molar-refractivity contribution in [2.75, 3.05) is 11.2 Å². The van der Waals surface area contributed by atoms with E-state index in [0.29, 0.717) is 5.69 Å². The zero-order chi connectivity index (χ0) is 11.3. The van der Waals surface area contributed by atoms with Crippen molar-refractivity contribution < 1.29 is 13.6 Å². The number of halogens is 3. The predicted octanol–water partition coefficient (Wildman–Crippen LogP) is 3.19. The summed E-state index contributed by atoms with van der Waals surface area (Å²) in [4.78, 5) is 11.1. The Kier molecular flexibility index (Phi) is 4.49. The third-order valence-corrected chi connectivity index (χ3v) is 1.96. The SMILES string of the molecule is O=C(CCCl)Nc1ccc(C(F)F)cc1. The van der Waals surface area contributed by atoms with Crippen LogP contribution in [0.4, 0.5) is 14.5 Å². The lowest BCUT2D eigenvalue weighted by atomic mass is 10.2. The molecule has 1 rings (SSSR count). The van der Waals surface area contributed by atoms with Gasteiger partial charge in [-0.05, 0) is 12.1 Å². The molecule has 0 spiro atoms. The Morgan fingerprint density at radius 1 is 1.33 bits per heavy atom. The van der Waals surface area contributed by atoms with Gasteiger partial charge in [0.15, 0.2) is 0 Å². The van der Waals surface area contributed by atoms with E-state index >= 15 is 0 Å². The average molecular weight is 234 g/mol. The Hall–Kier alpha value is -1.16. The van der Waals surface area contributed by atoms with Gasteiger partial charge in [0.1, 0.15) is 0 Å². The van der Waals surface area contributed by atoms with Gasteiger partial charge in [-0.1, -0.05) is 12.1 Å². The van der Waals surface area contributed by atoms with Gasteiger partial charge in [-0.15, -0.1) is 11.6 Å². The summed E-state index contributed by atoms with van der Waals surface area (Å²) in [6.45, 7) is 0. The van der Waals surface area contributed by atoms with Crippen molar-refractivity contribution in [3.05, 3.63) is 29.8 Å². The largest absolute Gasteiger partial charge is 0.326 e. The molecule has 1 N–H and O–H groups in total. The number of carbonyl (C=O) groups is 1. The Bertz CT molecular complexity index is 327. The first-order chi connectivity index (χ1) is 7.13. The van der Waals surface area contributed by atoms with Crippen LogP contribution < -0.4 is 5.32 Å². The van der Waals surface area contributed by atoms with Crippen LogP contribution in [0.15, 0.2) is 24.3 Å². The van der Waals surface area contributed by atoms with E-state index < -0.39 is 6.43 Å². The normalized spacial score (nSPS) is 10.4. The standard InChI is InChI=1S/C10H10ClF2NO/c11-6-5-9(15)14-8-3-1-7(2-4-8)10(12)13/h1-4,10H,5-6H2,(H,14,15). The van der Waals surface area contributed by atoms with Crippen LogP contribution in [0.5, 0.6) is 0 Å². The Morgan fingerprint density at radius 2 is 1.93 bits per heavy atom. The number of amides is 1. The molecule has 0 saturated heterocycles. The van der Waals surface area contributed by atoms with E-state index in [2.05, 4.69) is 5.32 Å². The van der Waals surface area contributed by atoms with E-state index in [1.807, 2.05) is 0 Å². The maximum absolute atomic E-state index is 12.2. The highest BCUT2D eigenvalue weighted by Crippen LogP contribution is 2.20. The van der Waals surface area contributed by atoms with Gasteiger partial charge in [0, 0.05) is 23.6 Å². The molecule has 0 aliphatic carbocycles. The number of hydrogen-bond acceptors (Lipinski definition) is 1. The lowest BCUT2D eigenvalue weighted by Crippen LogP contribution is -2.11. The highest BCUT2D eigenvalue weighted by Gasteiger charge is 2.06. The van der Waals surface area contributed by atoms with Gasteiger partial charge in [0.05, 0.1) is 0 Å². The highest BCUT2D eigenvalue weighted by atomic mass is 35.5. The lowest BCUT2D eigenvalue weighted by Gasteiger charge is -2.05. The minimum Gasteiger partial charge on any atom is -0.326 e. The molecule has 0 heterocycles. The van der Waals surface area contributed by atoms with E-state index in [4.69, 9.17) is 11.6 Å². The molecular weight excluding hydrogens is 224 g/mol. The molecule has 1 aromatic rings. The molecule has 15 heavy (non-hydrogen) atoms. The zero-order valence-corrected chi connectivity index (χ0v) is 8.60. The topological polar surface area (TPSA) is 29.1 Å². The van der Waals surface area contributed by atoms with Crippen molar-refractivity contribution in [1.82, 2.24) is 0 Å². The minimum absolute atomic E-state index is 0.0645. The third-order valence-electron chi connectivity index (χ3n) is 1.77. The first-order valence-corrected chi connectivity index (χ1v) is 4.91. The van der Waals surface area contributed by atoms with Gasteiger partial charge in [-0.3, -0.25) is 4.79 Å². The van der Waals surface area contributed by atoms with Crippen LogP contribution in [0.25, 0.3) is 0 Å². The first-order valence-electron chi connectivity index (χ1n) is 4.37. The number of benzene rings is 1. The maximum atomic E-state index is 12.2. The fraction of sp³-hybridized carbons (Fsp3) is 0.300. The Morgan fingerprint density at radius 3 is 2.40 bits per heavy atom. The molecule has 5 heteroatoms. The molecule has 2 nitrogen and oxygen atoms in total. The van der Waals surface area contributed by atoms with Crippen LogP contribution in [-0.4, -0.2) is 11.8 Å². The molecule has 0 aliphatic heterocycles. The molecule has 82 valence electrons. The molecule has 1 amide bonds. The summed E-state index contributed by atoms with van der Waals surface area (Å²) < 4.78 is 24.4. The summed E-state index contributed by atoms with van der Waals surface area (Å²) in [5, 5.41) is 2.54. The monoisotopic (exact) mass is 233 g/mol.